The lowest BCUT2D eigenvalue weighted by Gasteiger charge is -2.42. The Morgan fingerprint density at radius 3 is 2.55 bits per heavy atom. The molecule has 1 N–H and O–H groups in total. The van der Waals surface area contributed by atoms with Gasteiger partial charge in [-0.3, -0.25) is 4.79 Å². The molecule has 2 aromatic rings. The number of hydrazine groups is 1. The molecule has 0 amide bonds. The molecule has 2 aromatic carbocycles. The number of methoxy groups -OCH3 is 1. The van der Waals surface area contributed by atoms with Crippen LogP contribution in [0.25, 0.3) is 0 Å². The molecule has 0 bridgehead atoms. The quantitative estimate of drug-likeness (QED) is 0.678. The van der Waals surface area contributed by atoms with Crippen molar-refractivity contribution in [1.82, 2.24) is 5.01 Å². The molecule has 1 unspecified atom stereocenters. The molecule has 1 heterocycles. The maximum absolute atomic E-state index is 12.8. The summed E-state index contributed by atoms with van der Waals surface area (Å²) in [6.07, 6.45) is 3.94. The van der Waals surface area contributed by atoms with Crippen LogP contribution in [0.5, 0.6) is 5.75 Å². The molecule has 156 valence electrons. The zero-order chi connectivity index (χ0) is 21.0. The fourth-order valence-electron chi connectivity index (χ4n) is 3.57. The fourth-order valence-corrected chi connectivity index (χ4v) is 4.66. The Morgan fingerprint density at radius 2 is 1.86 bits per heavy atom. The molecule has 1 saturated heterocycles. The van der Waals surface area contributed by atoms with Gasteiger partial charge in [-0.1, -0.05) is 23.9 Å². The summed E-state index contributed by atoms with van der Waals surface area (Å²) >= 11 is 3.02. The summed E-state index contributed by atoms with van der Waals surface area (Å²) in [5, 5.41) is 2.22. The second-order valence-corrected chi connectivity index (χ2v) is 8.76. The molecule has 1 fully saturated rings. The van der Waals surface area contributed by atoms with Crippen LogP contribution in [0.1, 0.15) is 11.1 Å². The number of carbonyl (C=O) groups is 1. The molecular formula is C22H29N3O2S2. The molecule has 0 aromatic heterocycles. The normalized spacial score (nSPS) is 17.3. The summed E-state index contributed by atoms with van der Waals surface area (Å²) in [7, 11) is 1.68. The Morgan fingerprint density at radius 1 is 1.14 bits per heavy atom. The molecule has 29 heavy (non-hydrogen) atoms. The van der Waals surface area contributed by atoms with Gasteiger partial charge in [0.1, 0.15) is 11.8 Å². The first-order valence-electron chi connectivity index (χ1n) is 9.62. The van der Waals surface area contributed by atoms with Gasteiger partial charge in [0.2, 0.25) is 5.12 Å². The van der Waals surface area contributed by atoms with E-state index in [1.807, 2.05) is 12.3 Å². The zero-order valence-electron chi connectivity index (χ0n) is 17.7. The minimum atomic E-state index is -0.250. The Hall–Kier alpha value is -1.83. The second kappa shape index (κ2) is 9.78. The third kappa shape index (κ3) is 4.85. The number of hydrogen-bond acceptors (Lipinski definition) is 7. The highest BCUT2D eigenvalue weighted by Crippen LogP contribution is 2.32. The molecule has 0 saturated carbocycles. The van der Waals surface area contributed by atoms with E-state index in [9.17, 15) is 4.79 Å². The van der Waals surface area contributed by atoms with Crippen LogP contribution in [0.2, 0.25) is 0 Å². The molecular weight excluding hydrogens is 402 g/mol. The van der Waals surface area contributed by atoms with Crippen molar-refractivity contribution in [2.24, 2.45) is 0 Å². The molecule has 0 radical (unpaired) electrons. The maximum atomic E-state index is 12.8. The third-order valence-electron chi connectivity index (χ3n) is 5.36. The average Bonchev–Trinajstić information content (AvgIpc) is 2.75. The number of carbonyl (C=O) groups excluding carboxylic acids is 1. The van der Waals surface area contributed by atoms with Gasteiger partial charge in [-0.25, -0.2) is 5.01 Å². The van der Waals surface area contributed by atoms with Crippen LogP contribution < -0.4 is 15.1 Å². The van der Waals surface area contributed by atoms with Gasteiger partial charge in [-0.15, -0.1) is 11.8 Å². The summed E-state index contributed by atoms with van der Waals surface area (Å²) in [6.45, 7) is 6.38. The summed E-state index contributed by atoms with van der Waals surface area (Å²) in [5.74, 6) is 0.790. The van der Waals surface area contributed by atoms with Crippen LogP contribution in [0, 0.1) is 13.8 Å². The predicted molar refractivity (Wildman–Crippen MR) is 126 cm³/mol. The lowest BCUT2D eigenvalue weighted by atomic mass is 10.1. The third-order valence-corrected chi connectivity index (χ3v) is 6.82. The van der Waals surface area contributed by atoms with Crippen LogP contribution in [0.4, 0.5) is 11.4 Å². The van der Waals surface area contributed by atoms with Crippen molar-refractivity contribution in [1.29, 1.82) is 0 Å². The molecule has 0 spiro atoms. The minimum Gasteiger partial charge on any atom is -0.495 e. The van der Waals surface area contributed by atoms with Crippen LogP contribution >= 0.6 is 23.5 Å². The van der Waals surface area contributed by atoms with Crippen molar-refractivity contribution in [3.05, 3.63) is 47.5 Å². The van der Waals surface area contributed by atoms with E-state index < -0.39 is 0 Å². The lowest BCUT2D eigenvalue weighted by Crippen LogP contribution is -2.58. The Balaban J connectivity index is 1.86. The van der Waals surface area contributed by atoms with Gasteiger partial charge in [0.05, 0.1) is 18.5 Å². The molecule has 5 nitrogen and oxygen atoms in total. The highest BCUT2D eigenvalue weighted by molar-refractivity contribution is 8.13. The summed E-state index contributed by atoms with van der Waals surface area (Å²) in [5.41, 5.74) is 7.94. The number of aryl methyl sites for hydroxylation is 2. The predicted octanol–water partition coefficient (Wildman–Crippen LogP) is 4.44. The number of thioether (sulfide) groups is 2. The molecule has 7 heteroatoms. The van der Waals surface area contributed by atoms with Crippen LogP contribution in [-0.4, -0.2) is 55.4 Å². The Labute approximate surface area is 182 Å². The second-order valence-electron chi connectivity index (χ2n) is 7.10. The number of benzene rings is 2. The van der Waals surface area contributed by atoms with E-state index in [2.05, 4.69) is 65.8 Å². The van der Waals surface area contributed by atoms with Gasteiger partial charge < -0.3 is 15.1 Å². The first kappa shape index (κ1) is 21.9. The van der Waals surface area contributed by atoms with Crippen LogP contribution in [0.3, 0.4) is 0 Å². The first-order chi connectivity index (χ1) is 14.0. The van der Waals surface area contributed by atoms with Gasteiger partial charge in [0.25, 0.3) is 0 Å². The van der Waals surface area contributed by atoms with Crippen LogP contribution in [-0.2, 0) is 4.79 Å². The van der Waals surface area contributed by atoms with E-state index in [4.69, 9.17) is 4.74 Å². The zero-order valence-corrected chi connectivity index (χ0v) is 19.3. The standard InChI is InChI=1S/C22H29N3O2S2/c1-15-12-17(20(27-3)13-16(15)2)23-25-11-10-24(14-19(25)22(26)29-5)18-8-6-7-9-21(18)28-4/h6-9,12-13,19,23H,10-11,14H2,1-5H3. The monoisotopic (exact) mass is 431 g/mol. The molecule has 1 atom stereocenters. The van der Waals surface area contributed by atoms with Gasteiger partial charge in [0.15, 0.2) is 0 Å². The van der Waals surface area contributed by atoms with E-state index >= 15 is 0 Å². The van der Waals surface area contributed by atoms with Crippen molar-refractivity contribution >= 4 is 40.0 Å². The molecule has 1 aliphatic rings. The number of ether oxygens (including phenoxy) is 1. The molecule has 0 aliphatic carbocycles. The summed E-state index contributed by atoms with van der Waals surface area (Å²) in [6, 6.07) is 12.3. The van der Waals surface area contributed by atoms with Crippen molar-refractivity contribution in [3.63, 3.8) is 0 Å². The number of nitrogens with one attached hydrogen (secondary N) is 1. The van der Waals surface area contributed by atoms with E-state index in [-0.39, 0.29) is 11.2 Å². The highest BCUT2D eigenvalue weighted by atomic mass is 32.2. The summed E-state index contributed by atoms with van der Waals surface area (Å²) < 4.78 is 5.57. The number of anilines is 2. The average molecular weight is 432 g/mol. The number of para-hydroxylation sites is 1. The Kier molecular flexibility index (Phi) is 7.38. The minimum absolute atomic E-state index is 0.159. The Bertz CT molecular complexity index is 875. The number of hydrogen-bond donors (Lipinski definition) is 1. The number of rotatable bonds is 6. The van der Waals surface area contributed by atoms with Gasteiger partial charge in [0, 0.05) is 24.5 Å². The van der Waals surface area contributed by atoms with Crippen LogP contribution in [0.15, 0.2) is 41.3 Å². The van der Waals surface area contributed by atoms with Gasteiger partial charge >= 0.3 is 0 Å². The van der Waals surface area contributed by atoms with Crippen molar-refractivity contribution in [2.75, 3.05) is 49.6 Å². The smallest absolute Gasteiger partial charge is 0.209 e. The number of piperazine rings is 1. The van der Waals surface area contributed by atoms with Gasteiger partial charge in [-0.05, 0) is 61.8 Å². The summed E-state index contributed by atoms with van der Waals surface area (Å²) in [4.78, 5) is 16.3. The SMILES string of the molecule is COc1cc(C)c(C)cc1NN1CCN(c2ccccc2SC)CC1C(=O)SC. The lowest BCUT2D eigenvalue weighted by molar-refractivity contribution is -0.115. The largest absolute Gasteiger partial charge is 0.495 e. The fraction of sp³-hybridized carbons (Fsp3) is 0.409. The van der Waals surface area contributed by atoms with Crippen molar-refractivity contribution < 1.29 is 9.53 Å². The van der Waals surface area contributed by atoms with E-state index in [0.717, 1.165) is 24.5 Å². The maximum Gasteiger partial charge on any atom is 0.209 e. The van der Waals surface area contributed by atoms with Crippen molar-refractivity contribution in [2.45, 2.75) is 24.8 Å². The highest BCUT2D eigenvalue weighted by Gasteiger charge is 2.33. The van der Waals surface area contributed by atoms with Crippen molar-refractivity contribution in [3.8, 4) is 5.75 Å². The van der Waals surface area contributed by atoms with E-state index in [1.54, 1.807) is 18.9 Å². The number of nitrogens with zero attached hydrogens (tertiary/aromatic N) is 2. The molecule has 1 aliphatic heterocycles. The van der Waals surface area contributed by atoms with E-state index in [0.29, 0.717) is 6.54 Å². The molecule has 3 rings (SSSR count). The first-order valence-corrected chi connectivity index (χ1v) is 12.1. The van der Waals surface area contributed by atoms with E-state index in [1.165, 1.54) is 33.5 Å². The van der Waals surface area contributed by atoms with Gasteiger partial charge in [-0.2, -0.15) is 0 Å². The topological polar surface area (TPSA) is 44.8 Å².